The third kappa shape index (κ3) is 7.71. The Kier molecular flexibility index (Phi) is 6.89. The molecule has 110 valence electrons. The predicted octanol–water partition coefficient (Wildman–Crippen LogP) is 1.67. The number of alkyl carbamates (subject to hydrolysis) is 1. The maximum Gasteiger partial charge on any atom is 0.408 e. The molecule has 7 heteroatoms. The van der Waals surface area contributed by atoms with Gasteiger partial charge in [-0.1, -0.05) is 0 Å². The molecule has 0 aromatic heterocycles. The molecule has 0 rings (SSSR count). The molecule has 2 atom stereocenters. The van der Waals surface area contributed by atoms with E-state index in [0.717, 1.165) is 11.8 Å². The van der Waals surface area contributed by atoms with Crippen LogP contribution in [0.1, 0.15) is 34.1 Å². The van der Waals surface area contributed by atoms with E-state index in [2.05, 4.69) is 5.32 Å². The van der Waals surface area contributed by atoms with Crippen LogP contribution in [0.4, 0.5) is 4.79 Å². The van der Waals surface area contributed by atoms with Gasteiger partial charge >= 0.3 is 12.1 Å². The van der Waals surface area contributed by atoms with E-state index in [1.54, 1.807) is 27.0 Å². The molecule has 0 aliphatic rings. The molecular formula is C12H21NO5S. The minimum atomic E-state index is -1.04. The van der Waals surface area contributed by atoms with Crippen molar-refractivity contribution in [3.63, 3.8) is 0 Å². The fraction of sp³-hybridized carbons (Fsp3) is 0.750. The quantitative estimate of drug-likeness (QED) is 0.773. The zero-order chi connectivity index (χ0) is 15.2. The second-order valence-corrected chi connectivity index (χ2v) is 6.13. The van der Waals surface area contributed by atoms with Crippen LogP contribution in [0, 0.1) is 0 Å². The average Bonchev–Trinajstić information content (AvgIpc) is 2.21. The van der Waals surface area contributed by atoms with E-state index in [-0.39, 0.29) is 12.2 Å². The standard InChI is InChI=1S/C12H21NO5S/c1-7(13-11(17)18-12(2,3)4)10(16)8(19-5)6-9(14)15/h7-8H,6H2,1-5H3,(H,13,17)(H,14,15)/t7-,8?/m0/s1. The van der Waals surface area contributed by atoms with Crippen molar-refractivity contribution in [1.29, 1.82) is 0 Å². The molecule has 0 bridgehead atoms. The summed E-state index contributed by atoms with van der Waals surface area (Å²) in [7, 11) is 0. The van der Waals surface area contributed by atoms with Gasteiger partial charge in [0.25, 0.3) is 0 Å². The van der Waals surface area contributed by atoms with Crippen LogP contribution in [0.5, 0.6) is 0 Å². The van der Waals surface area contributed by atoms with Crippen molar-refractivity contribution >= 4 is 29.6 Å². The lowest BCUT2D eigenvalue weighted by atomic mass is 10.1. The van der Waals surface area contributed by atoms with Crippen LogP contribution < -0.4 is 5.32 Å². The summed E-state index contributed by atoms with van der Waals surface area (Å²) in [5.74, 6) is -1.38. The number of aliphatic carboxylic acids is 1. The Bertz CT molecular complexity index is 351. The molecule has 0 aromatic carbocycles. The van der Waals surface area contributed by atoms with Gasteiger partial charge in [-0.25, -0.2) is 4.79 Å². The normalized spacial score (nSPS) is 14.4. The number of ketones is 1. The number of carbonyl (C=O) groups is 3. The van der Waals surface area contributed by atoms with Crippen molar-refractivity contribution in [3.8, 4) is 0 Å². The minimum absolute atomic E-state index is 0.264. The highest BCUT2D eigenvalue weighted by molar-refractivity contribution is 7.99. The second kappa shape index (κ2) is 7.37. The number of amides is 1. The van der Waals surface area contributed by atoms with Gasteiger partial charge < -0.3 is 15.2 Å². The summed E-state index contributed by atoms with van der Waals surface area (Å²) in [6, 6.07) is -0.786. The molecule has 0 aromatic rings. The third-order valence-corrected chi connectivity index (χ3v) is 3.09. The Labute approximate surface area is 117 Å². The van der Waals surface area contributed by atoms with Crippen LogP contribution in [-0.2, 0) is 14.3 Å². The van der Waals surface area contributed by atoms with Crippen LogP contribution >= 0.6 is 11.8 Å². The van der Waals surface area contributed by atoms with Crippen molar-refractivity contribution in [2.24, 2.45) is 0 Å². The van der Waals surface area contributed by atoms with Crippen LogP contribution in [0.25, 0.3) is 0 Å². The Morgan fingerprint density at radius 3 is 2.21 bits per heavy atom. The SMILES string of the molecule is CSC(CC(=O)O)C(=O)[C@H](C)NC(=O)OC(C)(C)C. The van der Waals surface area contributed by atoms with Crippen LogP contribution in [-0.4, -0.2) is 46.1 Å². The van der Waals surface area contributed by atoms with Gasteiger partial charge in [-0.15, -0.1) is 0 Å². The summed E-state index contributed by atoms with van der Waals surface area (Å²) in [5, 5.41) is 10.4. The lowest BCUT2D eigenvalue weighted by Crippen LogP contribution is -2.45. The number of nitrogens with one attached hydrogen (secondary N) is 1. The number of rotatable bonds is 6. The zero-order valence-corrected chi connectivity index (χ0v) is 12.7. The van der Waals surface area contributed by atoms with Crippen LogP contribution in [0.2, 0.25) is 0 Å². The number of carboxylic acids is 1. The van der Waals surface area contributed by atoms with Crippen molar-refractivity contribution in [1.82, 2.24) is 5.32 Å². The fourth-order valence-electron chi connectivity index (χ4n) is 1.29. The average molecular weight is 291 g/mol. The van der Waals surface area contributed by atoms with E-state index in [4.69, 9.17) is 9.84 Å². The molecule has 0 aliphatic carbocycles. The largest absolute Gasteiger partial charge is 0.481 e. The highest BCUT2D eigenvalue weighted by Crippen LogP contribution is 2.14. The molecule has 0 fully saturated rings. The van der Waals surface area contributed by atoms with Crippen molar-refractivity contribution < 1.29 is 24.2 Å². The number of hydrogen-bond donors (Lipinski definition) is 2. The smallest absolute Gasteiger partial charge is 0.408 e. The monoisotopic (exact) mass is 291 g/mol. The second-order valence-electron chi connectivity index (χ2n) is 5.09. The first-order valence-corrected chi connectivity index (χ1v) is 7.13. The van der Waals surface area contributed by atoms with E-state index < -0.39 is 29.0 Å². The molecule has 1 unspecified atom stereocenters. The molecule has 0 heterocycles. The topological polar surface area (TPSA) is 92.7 Å². The summed E-state index contributed by atoms with van der Waals surface area (Å²) in [5.41, 5.74) is -0.646. The summed E-state index contributed by atoms with van der Waals surface area (Å²) >= 11 is 1.15. The van der Waals surface area contributed by atoms with E-state index in [0.29, 0.717) is 0 Å². The van der Waals surface area contributed by atoms with E-state index in [9.17, 15) is 14.4 Å². The maximum absolute atomic E-state index is 12.0. The van der Waals surface area contributed by atoms with Gasteiger partial charge in [-0.05, 0) is 34.0 Å². The van der Waals surface area contributed by atoms with Crippen molar-refractivity contribution in [3.05, 3.63) is 0 Å². The first kappa shape index (κ1) is 17.8. The Hall–Kier alpha value is -1.24. The van der Waals surface area contributed by atoms with Gasteiger partial charge in [-0.3, -0.25) is 9.59 Å². The van der Waals surface area contributed by atoms with Gasteiger partial charge in [0.2, 0.25) is 0 Å². The molecule has 0 saturated carbocycles. The summed E-state index contributed by atoms with van der Waals surface area (Å²) in [6.45, 7) is 6.66. The van der Waals surface area contributed by atoms with Gasteiger partial charge in [0, 0.05) is 0 Å². The van der Waals surface area contributed by atoms with Crippen molar-refractivity contribution in [2.45, 2.75) is 51.0 Å². The predicted molar refractivity (Wildman–Crippen MR) is 73.4 cm³/mol. The van der Waals surface area contributed by atoms with Gasteiger partial charge in [0.1, 0.15) is 5.60 Å². The number of thioether (sulfide) groups is 1. The molecular weight excluding hydrogens is 270 g/mol. The van der Waals surface area contributed by atoms with E-state index >= 15 is 0 Å². The van der Waals surface area contributed by atoms with Crippen LogP contribution in [0.3, 0.4) is 0 Å². The number of hydrogen-bond acceptors (Lipinski definition) is 5. The number of Topliss-reactive ketones (excluding diaryl/α,β-unsaturated/α-hetero) is 1. The minimum Gasteiger partial charge on any atom is -0.481 e. The van der Waals surface area contributed by atoms with Gasteiger partial charge in [-0.2, -0.15) is 11.8 Å². The Morgan fingerprint density at radius 1 is 1.32 bits per heavy atom. The highest BCUT2D eigenvalue weighted by atomic mass is 32.2. The zero-order valence-electron chi connectivity index (χ0n) is 11.9. The molecule has 19 heavy (non-hydrogen) atoms. The van der Waals surface area contributed by atoms with Crippen molar-refractivity contribution in [2.75, 3.05) is 6.26 Å². The number of carboxylic acid groups (broad SMARTS) is 1. The summed E-state index contributed by atoms with van der Waals surface area (Å²) in [6.07, 6.45) is 0.704. The van der Waals surface area contributed by atoms with Gasteiger partial charge in [0.05, 0.1) is 17.7 Å². The van der Waals surface area contributed by atoms with E-state index in [1.807, 2.05) is 0 Å². The molecule has 0 saturated heterocycles. The Balaban J connectivity index is 4.47. The summed E-state index contributed by atoms with van der Waals surface area (Å²) < 4.78 is 5.03. The maximum atomic E-state index is 12.0. The highest BCUT2D eigenvalue weighted by Gasteiger charge is 2.27. The fourth-order valence-corrected chi connectivity index (χ4v) is 2.04. The first-order valence-electron chi connectivity index (χ1n) is 5.84. The Morgan fingerprint density at radius 2 is 1.84 bits per heavy atom. The first-order chi connectivity index (χ1) is 8.56. The third-order valence-electron chi connectivity index (χ3n) is 2.12. The molecule has 6 nitrogen and oxygen atoms in total. The summed E-state index contributed by atoms with van der Waals surface area (Å²) in [4.78, 5) is 34.1. The van der Waals surface area contributed by atoms with Crippen LogP contribution in [0.15, 0.2) is 0 Å². The van der Waals surface area contributed by atoms with Gasteiger partial charge in [0.15, 0.2) is 5.78 Å². The molecule has 2 N–H and O–H groups in total. The molecule has 0 aliphatic heterocycles. The molecule has 0 radical (unpaired) electrons. The lowest BCUT2D eigenvalue weighted by Gasteiger charge is -2.22. The number of ether oxygens (including phenoxy) is 1. The molecule has 0 spiro atoms. The molecule has 1 amide bonds. The lowest BCUT2D eigenvalue weighted by molar-refractivity contribution is -0.138. The van der Waals surface area contributed by atoms with E-state index in [1.165, 1.54) is 6.92 Å². The number of carbonyl (C=O) groups excluding carboxylic acids is 2.